The van der Waals surface area contributed by atoms with Crippen molar-refractivity contribution in [3.8, 4) is 0 Å². The van der Waals surface area contributed by atoms with Crippen LogP contribution in [0, 0.1) is 5.92 Å². The molecule has 1 saturated heterocycles. The molecular weight excluding hydrogens is 512 g/mol. The second-order valence-corrected chi connectivity index (χ2v) is 11.6. The third-order valence-electron chi connectivity index (χ3n) is 7.73. The maximum atomic E-state index is 12.5. The summed E-state index contributed by atoms with van der Waals surface area (Å²) in [6.45, 7) is 14.7. The molecule has 4 N–H and O–H groups in total. The number of carbonyl (C=O) groups is 1. The van der Waals surface area contributed by atoms with E-state index in [-0.39, 0.29) is 18.0 Å². The van der Waals surface area contributed by atoms with Gasteiger partial charge in [0.2, 0.25) is 0 Å². The van der Waals surface area contributed by atoms with Gasteiger partial charge in [0.05, 0.1) is 17.8 Å². The van der Waals surface area contributed by atoms with Crippen LogP contribution < -0.4 is 0 Å². The van der Waals surface area contributed by atoms with Crippen LogP contribution in [0.2, 0.25) is 0 Å². The molecular formula is C32H50O8. The van der Waals surface area contributed by atoms with Crippen LogP contribution in [0.15, 0.2) is 58.7 Å². The van der Waals surface area contributed by atoms with Crippen molar-refractivity contribution in [1.29, 1.82) is 0 Å². The highest BCUT2D eigenvalue weighted by molar-refractivity contribution is 5.88. The van der Waals surface area contributed by atoms with Crippen molar-refractivity contribution < 1.29 is 39.4 Å². The van der Waals surface area contributed by atoms with E-state index in [2.05, 4.69) is 0 Å². The van der Waals surface area contributed by atoms with Gasteiger partial charge in [0.1, 0.15) is 24.4 Å². The zero-order valence-corrected chi connectivity index (χ0v) is 25.3. The standard InChI is InChI=1S/C32H50O8/c1-9-23-18-21(5)25(33)14-12-11-13-20(4)30(37)38-24(10-2)16-15-19(3)17-22(6)28(23)39-31-27(35)26(34)29(36)32(7,8)40-31/h11-13,15,17-18,23-29,31,33-36H,9-10,14,16H2,1-8H3/b12-11+,19-15+,20-13+,21-18+,22-17+/t23-,24+,25-,26+,27-,28-,29-,31+/m0/s1. The molecule has 0 bridgehead atoms. The van der Waals surface area contributed by atoms with Gasteiger partial charge in [-0.1, -0.05) is 55.9 Å². The fourth-order valence-electron chi connectivity index (χ4n) is 4.90. The van der Waals surface area contributed by atoms with Crippen molar-refractivity contribution in [3.63, 3.8) is 0 Å². The van der Waals surface area contributed by atoms with Crippen molar-refractivity contribution >= 4 is 5.97 Å². The largest absolute Gasteiger partial charge is 0.459 e. The van der Waals surface area contributed by atoms with Gasteiger partial charge in [-0.2, -0.15) is 0 Å². The topological polar surface area (TPSA) is 126 Å². The van der Waals surface area contributed by atoms with E-state index in [4.69, 9.17) is 14.2 Å². The first-order valence-electron chi connectivity index (χ1n) is 14.3. The van der Waals surface area contributed by atoms with E-state index in [1.54, 1.807) is 32.9 Å². The van der Waals surface area contributed by atoms with Gasteiger partial charge in [-0.05, 0) is 72.0 Å². The summed E-state index contributed by atoms with van der Waals surface area (Å²) in [5.41, 5.74) is 1.93. The minimum atomic E-state index is -1.45. The molecule has 0 unspecified atom stereocenters. The first-order valence-corrected chi connectivity index (χ1v) is 14.3. The molecule has 2 aliphatic heterocycles. The molecule has 1 fully saturated rings. The lowest BCUT2D eigenvalue weighted by atomic mass is 9.88. The molecule has 2 aliphatic rings. The average Bonchev–Trinajstić information content (AvgIpc) is 2.91. The molecule has 0 aromatic heterocycles. The van der Waals surface area contributed by atoms with E-state index in [0.29, 0.717) is 31.3 Å². The normalized spacial score (nSPS) is 41.0. The minimum absolute atomic E-state index is 0.184. The third-order valence-corrected chi connectivity index (χ3v) is 7.73. The highest BCUT2D eigenvalue weighted by atomic mass is 16.7. The number of aliphatic hydroxyl groups is 4. The van der Waals surface area contributed by atoms with Gasteiger partial charge in [0.25, 0.3) is 0 Å². The number of hydrogen-bond acceptors (Lipinski definition) is 8. The van der Waals surface area contributed by atoms with Gasteiger partial charge in [-0.3, -0.25) is 0 Å². The number of hydrogen-bond donors (Lipinski definition) is 4. The molecule has 0 spiro atoms. The summed E-state index contributed by atoms with van der Waals surface area (Å²) in [5.74, 6) is -0.552. The summed E-state index contributed by atoms with van der Waals surface area (Å²) in [5, 5.41) is 42.5. The molecule has 0 saturated carbocycles. The molecule has 226 valence electrons. The number of cyclic esters (lactones) is 1. The molecule has 0 amide bonds. The number of aliphatic hydroxyl groups excluding tert-OH is 4. The molecule has 8 nitrogen and oxygen atoms in total. The molecule has 2 rings (SSSR count). The van der Waals surface area contributed by atoms with Crippen LogP contribution in [-0.2, 0) is 19.0 Å². The van der Waals surface area contributed by atoms with Crippen molar-refractivity contribution in [2.24, 2.45) is 5.92 Å². The van der Waals surface area contributed by atoms with E-state index in [1.165, 1.54) is 0 Å². The molecule has 8 heteroatoms. The number of ether oxygens (including phenoxy) is 3. The lowest BCUT2D eigenvalue weighted by Gasteiger charge is -2.46. The Hall–Kier alpha value is -2.07. The van der Waals surface area contributed by atoms with E-state index >= 15 is 0 Å². The van der Waals surface area contributed by atoms with Crippen molar-refractivity contribution in [2.45, 2.75) is 130 Å². The smallest absolute Gasteiger partial charge is 0.333 e. The fraction of sp³-hybridized carbons (Fsp3) is 0.656. The Labute approximate surface area is 239 Å². The summed E-state index contributed by atoms with van der Waals surface area (Å²) in [6.07, 6.45) is 6.59. The molecule has 2 heterocycles. The maximum Gasteiger partial charge on any atom is 0.333 e. The number of esters is 1. The van der Waals surface area contributed by atoms with Gasteiger partial charge in [-0.25, -0.2) is 4.79 Å². The van der Waals surface area contributed by atoms with Gasteiger partial charge < -0.3 is 34.6 Å². The Morgan fingerprint density at radius 2 is 1.65 bits per heavy atom. The van der Waals surface area contributed by atoms with Crippen LogP contribution >= 0.6 is 0 Å². The summed E-state index contributed by atoms with van der Waals surface area (Å²) in [4.78, 5) is 12.5. The molecule has 0 aromatic carbocycles. The maximum absolute atomic E-state index is 12.5. The van der Waals surface area contributed by atoms with Gasteiger partial charge in [0.15, 0.2) is 6.29 Å². The quantitative estimate of drug-likeness (QED) is 0.293. The Morgan fingerprint density at radius 3 is 2.27 bits per heavy atom. The van der Waals surface area contributed by atoms with Gasteiger partial charge in [-0.15, -0.1) is 0 Å². The summed E-state index contributed by atoms with van der Waals surface area (Å²) in [7, 11) is 0. The van der Waals surface area contributed by atoms with Crippen molar-refractivity contribution in [2.75, 3.05) is 0 Å². The van der Waals surface area contributed by atoms with E-state index in [1.807, 2.05) is 58.9 Å². The summed E-state index contributed by atoms with van der Waals surface area (Å²) in [6, 6.07) is 0. The van der Waals surface area contributed by atoms with Gasteiger partial charge in [0, 0.05) is 17.9 Å². The lowest BCUT2D eigenvalue weighted by molar-refractivity contribution is -0.331. The Morgan fingerprint density at radius 1 is 0.975 bits per heavy atom. The fourth-order valence-corrected chi connectivity index (χ4v) is 4.90. The van der Waals surface area contributed by atoms with Crippen molar-refractivity contribution in [3.05, 3.63) is 58.7 Å². The van der Waals surface area contributed by atoms with Crippen LogP contribution in [0.5, 0.6) is 0 Å². The van der Waals surface area contributed by atoms with Crippen LogP contribution in [0.4, 0.5) is 0 Å². The first kappa shape index (κ1) is 34.1. The molecule has 40 heavy (non-hydrogen) atoms. The number of carbonyl (C=O) groups excluding carboxylic acids is 1. The highest BCUT2D eigenvalue weighted by Gasteiger charge is 2.49. The Bertz CT molecular complexity index is 1000. The minimum Gasteiger partial charge on any atom is -0.459 e. The van der Waals surface area contributed by atoms with Crippen LogP contribution in [-0.4, -0.2) is 74.9 Å². The van der Waals surface area contributed by atoms with Crippen LogP contribution in [0.1, 0.15) is 81.1 Å². The molecule has 0 aliphatic carbocycles. The van der Waals surface area contributed by atoms with Crippen molar-refractivity contribution in [1.82, 2.24) is 0 Å². The zero-order chi connectivity index (χ0) is 30.2. The number of rotatable bonds is 4. The second-order valence-electron chi connectivity index (χ2n) is 11.6. The Balaban J connectivity index is 2.53. The van der Waals surface area contributed by atoms with Crippen LogP contribution in [0.3, 0.4) is 0 Å². The molecule has 0 radical (unpaired) electrons. The third kappa shape index (κ3) is 9.23. The summed E-state index contributed by atoms with van der Waals surface area (Å²) >= 11 is 0. The SMILES string of the molecule is CC[C@@H]1C/C=C(C)/C=C(\C)[C@H](O[C@@H]2OC(C)(C)[C@@H](O)[C@H](O)[C@@H]2O)[C@@H](CC)/C=C(\C)[C@@H](O)C/C=C/C=C(\C)C(=O)O1. The predicted octanol–water partition coefficient (Wildman–Crippen LogP) is 4.43. The average molecular weight is 563 g/mol. The van der Waals surface area contributed by atoms with Gasteiger partial charge >= 0.3 is 5.97 Å². The monoisotopic (exact) mass is 562 g/mol. The molecule has 0 aromatic rings. The van der Waals surface area contributed by atoms with E-state index in [0.717, 1.165) is 16.7 Å². The zero-order valence-electron chi connectivity index (χ0n) is 25.3. The van der Waals surface area contributed by atoms with E-state index < -0.39 is 42.4 Å². The van der Waals surface area contributed by atoms with Crippen LogP contribution in [0.25, 0.3) is 0 Å². The summed E-state index contributed by atoms with van der Waals surface area (Å²) < 4.78 is 18.0. The highest BCUT2D eigenvalue weighted by Crippen LogP contribution is 2.34. The first-order chi connectivity index (χ1) is 18.7. The Kier molecular flexibility index (Phi) is 13.0. The second kappa shape index (κ2) is 15.2. The van der Waals surface area contributed by atoms with E-state index in [9.17, 15) is 25.2 Å². The number of allylic oxidation sites excluding steroid dienone is 4. The molecule has 8 atom stereocenters. The predicted molar refractivity (Wildman–Crippen MR) is 155 cm³/mol. The lowest BCUT2D eigenvalue weighted by Crippen LogP contribution is -2.63.